The fourth-order valence-electron chi connectivity index (χ4n) is 4.17. The number of nitrogens with zero attached hydrogens (tertiary/aromatic N) is 2. The van der Waals surface area contributed by atoms with Crippen LogP contribution in [0.5, 0.6) is 0 Å². The molecule has 1 aliphatic heterocycles. The maximum absolute atomic E-state index is 13.1. The predicted molar refractivity (Wildman–Crippen MR) is 122 cm³/mol. The van der Waals surface area contributed by atoms with Crippen molar-refractivity contribution in [3.05, 3.63) is 66.4 Å². The predicted octanol–water partition coefficient (Wildman–Crippen LogP) is 4.08. The van der Waals surface area contributed by atoms with Crippen molar-refractivity contribution in [2.45, 2.75) is 50.1 Å². The lowest BCUT2D eigenvalue weighted by molar-refractivity contribution is -0.122. The maximum atomic E-state index is 13.1. The van der Waals surface area contributed by atoms with Crippen molar-refractivity contribution in [1.82, 2.24) is 14.2 Å². The summed E-state index contributed by atoms with van der Waals surface area (Å²) in [5, 5.41) is 3.84. The molecule has 1 unspecified atom stereocenters. The summed E-state index contributed by atoms with van der Waals surface area (Å²) in [4.78, 5) is 12.9. The van der Waals surface area contributed by atoms with E-state index in [0.717, 1.165) is 42.1 Å². The number of amides is 1. The lowest BCUT2D eigenvalue weighted by atomic mass is 10.1. The van der Waals surface area contributed by atoms with E-state index in [2.05, 4.69) is 5.32 Å². The zero-order chi connectivity index (χ0) is 21.8. The monoisotopic (exact) mass is 439 g/mol. The number of rotatable bonds is 6. The number of carbonyl (C=O) groups is 1. The molecule has 1 saturated heterocycles. The second-order valence-electron chi connectivity index (χ2n) is 8.18. The van der Waals surface area contributed by atoms with Crippen molar-refractivity contribution >= 4 is 26.8 Å². The molecule has 0 saturated carbocycles. The Morgan fingerprint density at radius 2 is 1.71 bits per heavy atom. The number of sulfonamides is 1. The minimum Gasteiger partial charge on any atom is -0.348 e. The minimum absolute atomic E-state index is 0.0825. The summed E-state index contributed by atoms with van der Waals surface area (Å²) in [5.74, 6) is -0.0879. The molecule has 31 heavy (non-hydrogen) atoms. The van der Waals surface area contributed by atoms with Crippen LogP contribution in [0.4, 0.5) is 0 Å². The number of fused-ring (bicyclic) bond motifs is 1. The molecule has 1 N–H and O–H groups in total. The number of hydrogen-bond acceptors (Lipinski definition) is 3. The summed E-state index contributed by atoms with van der Waals surface area (Å²) in [6.45, 7) is 3.31. The Balaban J connectivity index is 1.49. The van der Waals surface area contributed by atoms with Crippen LogP contribution in [0.3, 0.4) is 0 Å². The van der Waals surface area contributed by atoms with Gasteiger partial charge in [0.2, 0.25) is 15.9 Å². The van der Waals surface area contributed by atoms with Gasteiger partial charge in [-0.3, -0.25) is 4.79 Å². The van der Waals surface area contributed by atoms with Crippen molar-refractivity contribution in [2.24, 2.45) is 0 Å². The first-order chi connectivity index (χ1) is 14.9. The van der Waals surface area contributed by atoms with E-state index < -0.39 is 10.0 Å². The Hall–Kier alpha value is -2.64. The quantitative estimate of drug-likeness (QED) is 0.629. The van der Waals surface area contributed by atoms with Crippen LogP contribution in [-0.4, -0.2) is 36.3 Å². The summed E-state index contributed by atoms with van der Waals surface area (Å²) in [7, 11) is -3.49. The van der Waals surface area contributed by atoms with Gasteiger partial charge in [0, 0.05) is 30.2 Å². The van der Waals surface area contributed by atoms with Crippen LogP contribution in [0.1, 0.15) is 44.2 Å². The SMILES string of the molecule is CC(NC(=O)Cn1ccc2cc(S(=O)(=O)N3CCCCCC3)ccc21)c1ccccc1. The molecule has 4 rings (SSSR count). The van der Waals surface area contributed by atoms with Crippen molar-refractivity contribution in [3.8, 4) is 0 Å². The molecule has 1 aliphatic rings. The van der Waals surface area contributed by atoms with Gasteiger partial charge in [-0.05, 0) is 49.6 Å². The highest BCUT2D eigenvalue weighted by Gasteiger charge is 2.25. The highest BCUT2D eigenvalue weighted by atomic mass is 32.2. The topological polar surface area (TPSA) is 71.4 Å². The summed E-state index contributed by atoms with van der Waals surface area (Å²) in [6, 6.07) is 16.8. The number of hydrogen-bond donors (Lipinski definition) is 1. The zero-order valence-corrected chi connectivity index (χ0v) is 18.6. The van der Waals surface area contributed by atoms with Gasteiger partial charge in [-0.1, -0.05) is 43.2 Å². The zero-order valence-electron chi connectivity index (χ0n) is 17.8. The lowest BCUT2D eigenvalue weighted by Gasteiger charge is -2.20. The molecule has 1 amide bonds. The number of nitrogens with one attached hydrogen (secondary N) is 1. The third-order valence-corrected chi connectivity index (χ3v) is 7.83. The number of carbonyl (C=O) groups excluding carboxylic acids is 1. The molecule has 6 nitrogen and oxygen atoms in total. The van der Waals surface area contributed by atoms with Crippen molar-refractivity contribution in [2.75, 3.05) is 13.1 Å². The van der Waals surface area contributed by atoms with E-state index in [1.54, 1.807) is 22.5 Å². The van der Waals surface area contributed by atoms with Crippen LogP contribution in [0.25, 0.3) is 10.9 Å². The van der Waals surface area contributed by atoms with Gasteiger partial charge in [-0.2, -0.15) is 4.31 Å². The van der Waals surface area contributed by atoms with E-state index in [1.807, 2.05) is 54.1 Å². The van der Waals surface area contributed by atoms with Gasteiger partial charge < -0.3 is 9.88 Å². The van der Waals surface area contributed by atoms with E-state index in [9.17, 15) is 13.2 Å². The van der Waals surface area contributed by atoms with Crippen LogP contribution in [0.15, 0.2) is 65.7 Å². The molecule has 3 aromatic rings. The van der Waals surface area contributed by atoms with Crippen molar-refractivity contribution in [3.63, 3.8) is 0 Å². The van der Waals surface area contributed by atoms with Gasteiger partial charge in [0.1, 0.15) is 6.54 Å². The van der Waals surface area contributed by atoms with E-state index in [4.69, 9.17) is 0 Å². The molecule has 0 aliphatic carbocycles. The summed E-state index contributed by atoms with van der Waals surface area (Å²) in [6.07, 6.45) is 5.82. The molecule has 0 radical (unpaired) electrons. The van der Waals surface area contributed by atoms with Gasteiger partial charge in [0.25, 0.3) is 0 Å². The van der Waals surface area contributed by atoms with Gasteiger partial charge in [0.15, 0.2) is 0 Å². The second kappa shape index (κ2) is 9.24. The molecule has 164 valence electrons. The average molecular weight is 440 g/mol. The fraction of sp³-hybridized carbons (Fsp3) is 0.375. The Kier molecular flexibility index (Phi) is 6.43. The third kappa shape index (κ3) is 4.83. The molecule has 0 spiro atoms. The fourth-order valence-corrected chi connectivity index (χ4v) is 5.73. The number of benzene rings is 2. The molecule has 0 bridgehead atoms. The van der Waals surface area contributed by atoms with Crippen molar-refractivity contribution in [1.29, 1.82) is 0 Å². The normalized spacial score (nSPS) is 16.7. The van der Waals surface area contributed by atoms with Gasteiger partial charge >= 0.3 is 0 Å². The second-order valence-corrected chi connectivity index (χ2v) is 10.1. The average Bonchev–Trinajstić information content (AvgIpc) is 2.97. The Morgan fingerprint density at radius 3 is 2.42 bits per heavy atom. The largest absolute Gasteiger partial charge is 0.348 e. The van der Waals surface area contributed by atoms with Gasteiger partial charge in [-0.25, -0.2) is 8.42 Å². The van der Waals surface area contributed by atoms with Crippen LogP contribution in [-0.2, 0) is 21.4 Å². The molecule has 1 fully saturated rings. The molecule has 1 aromatic heterocycles. The van der Waals surface area contributed by atoms with Gasteiger partial charge in [0.05, 0.1) is 10.9 Å². The smallest absolute Gasteiger partial charge is 0.243 e. The van der Waals surface area contributed by atoms with Crippen LogP contribution >= 0.6 is 0 Å². The standard InChI is InChI=1S/C24H29N3O3S/c1-19(20-9-5-4-6-10-20)25-24(28)18-26-16-13-21-17-22(11-12-23(21)26)31(29,30)27-14-7-2-3-8-15-27/h4-6,9-13,16-17,19H,2-3,7-8,14-15,18H2,1H3,(H,25,28). The first-order valence-electron chi connectivity index (χ1n) is 10.9. The number of aromatic nitrogens is 1. The van der Waals surface area contributed by atoms with E-state index in [0.29, 0.717) is 18.0 Å². The van der Waals surface area contributed by atoms with Gasteiger partial charge in [-0.15, -0.1) is 0 Å². The molecular formula is C24H29N3O3S. The molecule has 2 heterocycles. The molecule has 7 heteroatoms. The summed E-state index contributed by atoms with van der Waals surface area (Å²) >= 11 is 0. The van der Waals surface area contributed by atoms with E-state index in [-0.39, 0.29) is 18.5 Å². The summed E-state index contributed by atoms with van der Waals surface area (Å²) < 4.78 is 29.6. The van der Waals surface area contributed by atoms with E-state index >= 15 is 0 Å². The minimum atomic E-state index is -3.49. The van der Waals surface area contributed by atoms with E-state index in [1.165, 1.54) is 0 Å². The Bertz CT molecular complexity index is 1150. The molecular weight excluding hydrogens is 410 g/mol. The van der Waals surface area contributed by atoms with Crippen LogP contribution in [0, 0.1) is 0 Å². The van der Waals surface area contributed by atoms with Crippen molar-refractivity contribution < 1.29 is 13.2 Å². The Morgan fingerprint density at radius 1 is 1.00 bits per heavy atom. The molecule has 1 atom stereocenters. The van der Waals surface area contributed by atoms with Crippen LogP contribution < -0.4 is 5.32 Å². The summed E-state index contributed by atoms with van der Waals surface area (Å²) in [5.41, 5.74) is 1.90. The highest BCUT2D eigenvalue weighted by Crippen LogP contribution is 2.25. The van der Waals surface area contributed by atoms with Crippen LogP contribution in [0.2, 0.25) is 0 Å². The Labute approximate surface area is 183 Å². The lowest BCUT2D eigenvalue weighted by Crippen LogP contribution is -2.31. The highest BCUT2D eigenvalue weighted by molar-refractivity contribution is 7.89. The first-order valence-corrected chi connectivity index (χ1v) is 12.3. The first kappa shape index (κ1) is 21.6. The maximum Gasteiger partial charge on any atom is 0.243 e. The molecule has 2 aromatic carbocycles. The third-order valence-electron chi connectivity index (χ3n) is 5.94.